The lowest BCUT2D eigenvalue weighted by Gasteiger charge is -2.11. The van der Waals surface area contributed by atoms with Crippen LogP contribution in [0.4, 0.5) is 5.69 Å². The van der Waals surface area contributed by atoms with E-state index in [1.54, 1.807) is 0 Å². The van der Waals surface area contributed by atoms with Gasteiger partial charge in [-0.25, -0.2) is 0 Å². The Labute approximate surface area is 117 Å². The second-order valence-electron chi connectivity index (χ2n) is 4.39. The van der Waals surface area contributed by atoms with Gasteiger partial charge in [-0.15, -0.1) is 0 Å². The number of hydrogen-bond donors (Lipinski definition) is 1. The first-order chi connectivity index (χ1) is 8.79. The Balaban J connectivity index is 2.06. The van der Waals surface area contributed by atoms with Gasteiger partial charge in [0.25, 0.3) is 0 Å². The molecule has 0 radical (unpaired) electrons. The van der Waals surface area contributed by atoms with E-state index in [1.807, 2.05) is 0 Å². The van der Waals surface area contributed by atoms with Gasteiger partial charge in [0.1, 0.15) is 0 Å². The predicted molar refractivity (Wildman–Crippen MR) is 81.9 cm³/mol. The molecule has 0 aliphatic rings. The first kappa shape index (κ1) is 13.2. The van der Waals surface area contributed by atoms with Crippen molar-refractivity contribution in [3.63, 3.8) is 0 Å². The second-order valence-corrected chi connectivity index (χ2v) is 5.31. The average Bonchev–Trinajstić information content (AvgIpc) is 2.38. The summed E-state index contributed by atoms with van der Waals surface area (Å²) in [6, 6.07) is 17.0. The minimum Gasteiger partial charge on any atom is -0.381 e. The molecule has 0 atom stereocenters. The number of rotatable bonds is 5. The number of anilines is 1. The quantitative estimate of drug-likeness (QED) is 0.818. The molecule has 0 saturated heterocycles. The molecule has 0 amide bonds. The third-order valence-electron chi connectivity index (χ3n) is 2.91. The van der Waals surface area contributed by atoms with Crippen LogP contribution in [0.25, 0.3) is 0 Å². The SMILES string of the molecule is CCCc1ccccc1NCc1cccc(Br)c1. The van der Waals surface area contributed by atoms with Gasteiger partial charge >= 0.3 is 0 Å². The molecule has 0 heterocycles. The Kier molecular flexibility index (Phi) is 4.82. The molecule has 2 aromatic rings. The summed E-state index contributed by atoms with van der Waals surface area (Å²) in [6.07, 6.45) is 2.30. The monoisotopic (exact) mass is 303 g/mol. The lowest BCUT2D eigenvalue weighted by Crippen LogP contribution is -2.02. The molecule has 2 rings (SSSR count). The van der Waals surface area contributed by atoms with Gasteiger partial charge in [-0.2, -0.15) is 0 Å². The summed E-state index contributed by atoms with van der Waals surface area (Å²) in [7, 11) is 0. The highest BCUT2D eigenvalue weighted by Crippen LogP contribution is 2.18. The standard InChI is InChI=1S/C16H18BrN/c1-2-6-14-8-3-4-10-16(14)18-12-13-7-5-9-15(17)11-13/h3-5,7-11,18H,2,6,12H2,1H3. The van der Waals surface area contributed by atoms with Gasteiger partial charge in [0.15, 0.2) is 0 Å². The summed E-state index contributed by atoms with van der Waals surface area (Å²) in [4.78, 5) is 0. The van der Waals surface area contributed by atoms with Crippen LogP contribution in [0.15, 0.2) is 53.0 Å². The van der Waals surface area contributed by atoms with Gasteiger partial charge < -0.3 is 5.32 Å². The predicted octanol–water partition coefficient (Wildman–Crippen LogP) is 5.01. The molecule has 0 unspecified atom stereocenters. The molecule has 94 valence electrons. The molecule has 0 fully saturated rings. The number of halogens is 1. The van der Waals surface area contributed by atoms with Gasteiger partial charge in [-0.05, 0) is 35.7 Å². The molecule has 2 heteroatoms. The van der Waals surface area contributed by atoms with Gasteiger partial charge in [0.05, 0.1) is 0 Å². The molecule has 0 bridgehead atoms. The topological polar surface area (TPSA) is 12.0 Å². The maximum Gasteiger partial charge on any atom is 0.0401 e. The van der Waals surface area contributed by atoms with Crippen molar-refractivity contribution in [3.05, 3.63) is 64.1 Å². The molecule has 1 nitrogen and oxygen atoms in total. The Morgan fingerprint density at radius 2 is 1.89 bits per heavy atom. The molecule has 0 aliphatic heterocycles. The minimum atomic E-state index is 0.861. The Hall–Kier alpha value is -1.28. The fourth-order valence-corrected chi connectivity index (χ4v) is 2.47. The molecular formula is C16H18BrN. The maximum absolute atomic E-state index is 3.52. The van der Waals surface area contributed by atoms with Crippen molar-refractivity contribution < 1.29 is 0 Å². The average molecular weight is 304 g/mol. The van der Waals surface area contributed by atoms with E-state index < -0.39 is 0 Å². The smallest absolute Gasteiger partial charge is 0.0401 e. The summed E-state index contributed by atoms with van der Waals surface area (Å²) in [5.41, 5.74) is 3.94. The molecule has 2 aromatic carbocycles. The lowest BCUT2D eigenvalue weighted by atomic mass is 10.1. The van der Waals surface area contributed by atoms with Crippen LogP contribution in [0.1, 0.15) is 24.5 Å². The summed E-state index contributed by atoms with van der Waals surface area (Å²) in [6.45, 7) is 3.07. The number of aryl methyl sites for hydroxylation is 1. The molecule has 0 aromatic heterocycles. The first-order valence-electron chi connectivity index (χ1n) is 6.36. The van der Waals surface area contributed by atoms with E-state index in [-0.39, 0.29) is 0 Å². The van der Waals surface area contributed by atoms with E-state index in [0.717, 1.165) is 17.4 Å². The molecule has 18 heavy (non-hydrogen) atoms. The van der Waals surface area contributed by atoms with Crippen LogP contribution in [-0.2, 0) is 13.0 Å². The second kappa shape index (κ2) is 6.60. The lowest BCUT2D eigenvalue weighted by molar-refractivity contribution is 0.919. The van der Waals surface area contributed by atoms with E-state index in [2.05, 4.69) is 76.7 Å². The van der Waals surface area contributed by atoms with E-state index in [4.69, 9.17) is 0 Å². The van der Waals surface area contributed by atoms with Crippen LogP contribution in [0, 0.1) is 0 Å². The summed E-state index contributed by atoms with van der Waals surface area (Å²) in [5.74, 6) is 0. The van der Waals surface area contributed by atoms with Crippen LogP contribution in [0.2, 0.25) is 0 Å². The fraction of sp³-hybridized carbons (Fsp3) is 0.250. The molecule has 1 N–H and O–H groups in total. The highest BCUT2D eigenvalue weighted by molar-refractivity contribution is 9.10. The number of nitrogens with one attached hydrogen (secondary N) is 1. The number of para-hydroxylation sites is 1. The van der Waals surface area contributed by atoms with Crippen molar-refractivity contribution in [1.82, 2.24) is 0 Å². The van der Waals surface area contributed by atoms with Crippen molar-refractivity contribution >= 4 is 21.6 Å². The van der Waals surface area contributed by atoms with Crippen LogP contribution in [0.5, 0.6) is 0 Å². The van der Waals surface area contributed by atoms with E-state index in [0.29, 0.717) is 0 Å². The maximum atomic E-state index is 3.52. The third kappa shape index (κ3) is 3.61. The Bertz CT molecular complexity index is 508. The Morgan fingerprint density at radius 1 is 1.06 bits per heavy atom. The van der Waals surface area contributed by atoms with Gasteiger partial charge in [-0.1, -0.05) is 59.6 Å². The van der Waals surface area contributed by atoms with E-state index >= 15 is 0 Å². The van der Waals surface area contributed by atoms with Crippen LogP contribution in [0.3, 0.4) is 0 Å². The molecule has 0 spiro atoms. The molecule has 0 aliphatic carbocycles. The van der Waals surface area contributed by atoms with Crippen LogP contribution in [-0.4, -0.2) is 0 Å². The Morgan fingerprint density at radius 3 is 2.67 bits per heavy atom. The van der Waals surface area contributed by atoms with E-state index in [1.165, 1.54) is 23.2 Å². The zero-order chi connectivity index (χ0) is 12.8. The fourth-order valence-electron chi connectivity index (χ4n) is 2.02. The van der Waals surface area contributed by atoms with Gasteiger partial charge in [0.2, 0.25) is 0 Å². The largest absolute Gasteiger partial charge is 0.381 e. The summed E-state index contributed by atoms with van der Waals surface area (Å²) < 4.78 is 1.13. The molecule has 0 saturated carbocycles. The molecular weight excluding hydrogens is 286 g/mol. The highest BCUT2D eigenvalue weighted by atomic mass is 79.9. The third-order valence-corrected chi connectivity index (χ3v) is 3.40. The van der Waals surface area contributed by atoms with Crippen molar-refractivity contribution in [2.24, 2.45) is 0 Å². The van der Waals surface area contributed by atoms with Crippen LogP contribution < -0.4 is 5.32 Å². The van der Waals surface area contributed by atoms with Crippen molar-refractivity contribution in [2.75, 3.05) is 5.32 Å². The summed E-state index contributed by atoms with van der Waals surface area (Å²) >= 11 is 3.50. The van der Waals surface area contributed by atoms with Crippen LogP contribution >= 0.6 is 15.9 Å². The van der Waals surface area contributed by atoms with Gasteiger partial charge in [-0.3, -0.25) is 0 Å². The zero-order valence-corrected chi connectivity index (χ0v) is 12.2. The van der Waals surface area contributed by atoms with E-state index in [9.17, 15) is 0 Å². The minimum absolute atomic E-state index is 0.861. The van der Waals surface area contributed by atoms with Crippen molar-refractivity contribution in [3.8, 4) is 0 Å². The number of hydrogen-bond acceptors (Lipinski definition) is 1. The zero-order valence-electron chi connectivity index (χ0n) is 10.6. The van der Waals surface area contributed by atoms with Crippen molar-refractivity contribution in [1.29, 1.82) is 0 Å². The van der Waals surface area contributed by atoms with Gasteiger partial charge in [0, 0.05) is 16.7 Å². The van der Waals surface area contributed by atoms with Crippen molar-refractivity contribution in [2.45, 2.75) is 26.3 Å². The normalized spacial score (nSPS) is 10.3. The first-order valence-corrected chi connectivity index (χ1v) is 7.15. The number of benzene rings is 2. The summed E-state index contributed by atoms with van der Waals surface area (Å²) in [5, 5.41) is 3.52. The highest BCUT2D eigenvalue weighted by Gasteiger charge is 2.00.